The molecule has 0 radical (unpaired) electrons. The van der Waals surface area contributed by atoms with E-state index in [4.69, 9.17) is 11.6 Å². The Balaban J connectivity index is 2.10. The number of sulfonamides is 1. The molecule has 1 N–H and O–H groups in total. The molecule has 0 aliphatic heterocycles. The fraction of sp³-hybridized carbons (Fsp3) is 0.167. The Morgan fingerprint density at radius 1 is 1.11 bits per heavy atom. The summed E-state index contributed by atoms with van der Waals surface area (Å²) in [6.07, 6.45) is -2.32. The number of nitrogens with zero attached hydrogens (tertiary/aromatic N) is 1. The first-order valence-electron chi connectivity index (χ1n) is 7.79. The molecule has 0 saturated heterocycles. The van der Waals surface area contributed by atoms with Gasteiger partial charge in [0, 0.05) is 25.9 Å². The van der Waals surface area contributed by atoms with Gasteiger partial charge in [-0.05, 0) is 48.0 Å². The lowest BCUT2D eigenvalue weighted by atomic mass is 10.1. The maximum atomic E-state index is 12.8. The smallest absolute Gasteiger partial charge is 0.323 e. The Bertz CT molecular complexity index is 1000. The number of hydrogen-bond donors (Lipinski definition) is 1. The first kappa shape index (κ1) is 21.9. The van der Waals surface area contributed by atoms with E-state index >= 15 is 0 Å². The van der Waals surface area contributed by atoms with Crippen molar-refractivity contribution in [3.05, 3.63) is 64.7 Å². The van der Waals surface area contributed by atoms with E-state index in [-0.39, 0.29) is 10.5 Å². The number of rotatable bonds is 5. The summed E-state index contributed by atoms with van der Waals surface area (Å²) < 4.78 is 63.6. The van der Waals surface area contributed by atoms with Gasteiger partial charge >= 0.3 is 6.18 Å². The van der Waals surface area contributed by atoms with Gasteiger partial charge in [0.2, 0.25) is 15.9 Å². The van der Waals surface area contributed by atoms with Crippen LogP contribution in [-0.4, -0.2) is 32.7 Å². The topological polar surface area (TPSA) is 66.5 Å². The van der Waals surface area contributed by atoms with Crippen molar-refractivity contribution in [1.82, 2.24) is 4.31 Å². The van der Waals surface area contributed by atoms with Crippen LogP contribution in [0.2, 0.25) is 5.02 Å². The number of alkyl halides is 3. The van der Waals surface area contributed by atoms with Gasteiger partial charge in [0.05, 0.1) is 15.5 Å². The van der Waals surface area contributed by atoms with Crippen LogP contribution in [0.4, 0.5) is 18.9 Å². The first-order chi connectivity index (χ1) is 12.9. The van der Waals surface area contributed by atoms with E-state index in [0.717, 1.165) is 22.5 Å². The highest BCUT2D eigenvalue weighted by Crippen LogP contribution is 2.35. The lowest BCUT2D eigenvalue weighted by Crippen LogP contribution is -2.22. The molecule has 0 atom stereocenters. The standard InChI is InChI=1S/C18H16ClF3N2O3S/c1-24(2)28(26,27)14-7-5-13(6-8-14)23-17(25)10-4-12-3-9-16(19)15(11-12)18(20,21)22/h3-11H,1-2H3,(H,23,25). The third-order valence-corrected chi connectivity index (χ3v) is 5.78. The minimum atomic E-state index is -4.60. The number of halogens is 4. The van der Waals surface area contributed by atoms with Crippen molar-refractivity contribution in [2.45, 2.75) is 11.1 Å². The van der Waals surface area contributed by atoms with E-state index in [9.17, 15) is 26.4 Å². The first-order valence-corrected chi connectivity index (χ1v) is 9.61. The highest BCUT2D eigenvalue weighted by atomic mass is 35.5. The highest BCUT2D eigenvalue weighted by Gasteiger charge is 2.33. The highest BCUT2D eigenvalue weighted by molar-refractivity contribution is 7.89. The molecule has 0 aromatic heterocycles. The van der Waals surface area contributed by atoms with Crippen molar-refractivity contribution in [3.8, 4) is 0 Å². The quantitative estimate of drug-likeness (QED) is 0.718. The van der Waals surface area contributed by atoms with Crippen LogP contribution in [0.5, 0.6) is 0 Å². The van der Waals surface area contributed by atoms with Crippen molar-refractivity contribution >= 4 is 39.3 Å². The van der Waals surface area contributed by atoms with Gasteiger partial charge in [-0.3, -0.25) is 4.79 Å². The second kappa shape index (κ2) is 8.34. The van der Waals surface area contributed by atoms with Crippen molar-refractivity contribution in [1.29, 1.82) is 0 Å². The summed E-state index contributed by atoms with van der Waals surface area (Å²) in [5, 5.41) is 2.07. The van der Waals surface area contributed by atoms with Gasteiger partial charge < -0.3 is 5.32 Å². The molecule has 1 amide bonds. The van der Waals surface area contributed by atoms with E-state index in [2.05, 4.69) is 5.32 Å². The summed E-state index contributed by atoms with van der Waals surface area (Å²) in [6.45, 7) is 0. The number of carbonyl (C=O) groups is 1. The second-order valence-electron chi connectivity index (χ2n) is 5.87. The van der Waals surface area contributed by atoms with Crippen LogP contribution in [0.25, 0.3) is 6.08 Å². The Morgan fingerprint density at radius 2 is 1.71 bits per heavy atom. The number of amides is 1. The van der Waals surface area contributed by atoms with E-state index in [1.807, 2.05) is 0 Å². The summed E-state index contributed by atoms with van der Waals surface area (Å²) in [5.41, 5.74) is -0.506. The van der Waals surface area contributed by atoms with Gasteiger partial charge in [-0.2, -0.15) is 13.2 Å². The molecule has 0 unspecified atom stereocenters. The van der Waals surface area contributed by atoms with Crippen LogP contribution in [0.3, 0.4) is 0 Å². The molecule has 0 aliphatic carbocycles. The van der Waals surface area contributed by atoms with E-state index in [1.54, 1.807) is 0 Å². The maximum absolute atomic E-state index is 12.8. The molecule has 2 aromatic carbocycles. The van der Waals surface area contributed by atoms with Gasteiger partial charge in [-0.25, -0.2) is 12.7 Å². The van der Waals surface area contributed by atoms with Crippen LogP contribution in [0.1, 0.15) is 11.1 Å². The van der Waals surface area contributed by atoms with Crippen molar-refractivity contribution in [2.24, 2.45) is 0 Å². The largest absolute Gasteiger partial charge is 0.417 e. The second-order valence-corrected chi connectivity index (χ2v) is 8.43. The van der Waals surface area contributed by atoms with Gasteiger partial charge in [-0.1, -0.05) is 17.7 Å². The van der Waals surface area contributed by atoms with Crippen LogP contribution in [0, 0.1) is 0 Å². The summed E-state index contributed by atoms with van der Waals surface area (Å²) in [4.78, 5) is 12.0. The van der Waals surface area contributed by atoms with E-state index in [0.29, 0.717) is 5.69 Å². The van der Waals surface area contributed by atoms with Gasteiger partial charge in [0.15, 0.2) is 0 Å². The normalized spacial score (nSPS) is 12.5. The zero-order valence-corrected chi connectivity index (χ0v) is 16.4. The molecule has 2 aromatic rings. The van der Waals surface area contributed by atoms with Crippen LogP contribution in [0.15, 0.2) is 53.4 Å². The van der Waals surface area contributed by atoms with Crippen molar-refractivity contribution < 1.29 is 26.4 Å². The predicted molar refractivity (Wildman–Crippen MR) is 101 cm³/mol. The Labute approximate surface area is 165 Å². The fourth-order valence-corrected chi connectivity index (χ4v) is 3.27. The molecular formula is C18H16ClF3N2O3S. The molecule has 0 spiro atoms. The Morgan fingerprint density at radius 3 is 2.25 bits per heavy atom. The molecule has 10 heteroatoms. The predicted octanol–water partition coefficient (Wildman–Crippen LogP) is 4.26. The number of anilines is 1. The van der Waals surface area contributed by atoms with Gasteiger partial charge in [0.1, 0.15) is 0 Å². The molecule has 5 nitrogen and oxygen atoms in total. The van der Waals surface area contributed by atoms with Crippen LogP contribution < -0.4 is 5.32 Å². The zero-order chi connectivity index (χ0) is 21.1. The third-order valence-electron chi connectivity index (χ3n) is 3.62. The van der Waals surface area contributed by atoms with E-state index < -0.39 is 32.7 Å². The van der Waals surface area contributed by atoms with Crippen LogP contribution in [-0.2, 0) is 21.0 Å². The molecule has 0 heterocycles. The number of hydrogen-bond acceptors (Lipinski definition) is 3. The molecule has 28 heavy (non-hydrogen) atoms. The molecule has 0 aliphatic rings. The number of benzene rings is 2. The van der Waals surface area contributed by atoms with E-state index in [1.165, 1.54) is 50.5 Å². The summed E-state index contributed by atoms with van der Waals surface area (Å²) in [6, 6.07) is 8.78. The fourth-order valence-electron chi connectivity index (χ4n) is 2.14. The Hall–Kier alpha value is -2.36. The molecule has 0 bridgehead atoms. The number of nitrogens with one attached hydrogen (secondary N) is 1. The molecule has 2 rings (SSSR count). The monoisotopic (exact) mass is 432 g/mol. The lowest BCUT2D eigenvalue weighted by Gasteiger charge is -2.11. The molecule has 150 valence electrons. The SMILES string of the molecule is CN(C)S(=O)(=O)c1ccc(NC(=O)C=Cc2ccc(Cl)c(C(F)(F)F)c2)cc1. The average Bonchev–Trinajstić information content (AvgIpc) is 2.60. The summed E-state index contributed by atoms with van der Waals surface area (Å²) in [5.74, 6) is -0.591. The molecule has 0 saturated carbocycles. The van der Waals surface area contributed by atoms with Crippen molar-refractivity contribution in [3.63, 3.8) is 0 Å². The van der Waals surface area contributed by atoms with Crippen molar-refractivity contribution in [2.75, 3.05) is 19.4 Å². The summed E-state index contributed by atoms with van der Waals surface area (Å²) >= 11 is 5.55. The van der Waals surface area contributed by atoms with Gasteiger partial charge in [-0.15, -0.1) is 0 Å². The molecule has 0 fully saturated rings. The number of carbonyl (C=O) groups excluding carboxylic acids is 1. The molecular weight excluding hydrogens is 417 g/mol. The maximum Gasteiger partial charge on any atom is 0.417 e. The lowest BCUT2D eigenvalue weighted by molar-refractivity contribution is -0.137. The summed E-state index contributed by atoms with van der Waals surface area (Å²) in [7, 11) is -0.785. The Kier molecular flexibility index (Phi) is 6.53. The van der Waals surface area contributed by atoms with Gasteiger partial charge in [0.25, 0.3) is 0 Å². The third kappa shape index (κ3) is 5.34. The minimum Gasteiger partial charge on any atom is -0.323 e. The van der Waals surface area contributed by atoms with Crippen LogP contribution >= 0.6 is 11.6 Å². The zero-order valence-electron chi connectivity index (χ0n) is 14.8. The minimum absolute atomic E-state index is 0.0619. The average molecular weight is 433 g/mol.